The Hall–Kier alpha value is -3.18. The fraction of sp³-hybridized carbons (Fsp3) is 0.0500. The molecule has 0 aliphatic rings. The Morgan fingerprint density at radius 2 is 1.77 bits per heavy atom. The summed E-state index contributed by atoms with van der Waals surface area (Å²) in [6.07, 6.45) is 3.39. The van der Waals surface area contributed by atoms with Crippen LogP contribution in [0.5, 0.6) is 0 Å². The summed E-state index contributed by atoms with van der Waals surface area (Å²) in [7, 11) is 0. The van der Waals surface area contributed by atoms with Crippen LogP contribution in [0.2, 0.25) is 5.02 Å². The minimum Gasteiger partial charge on any atom is -0.363 e. The van der Waals surface area contributed by atoms with Crippen LogP contribution in [-0.2, 0) is 6.54 Å². The van der Waals surface area contributed by atoms with Gasteiger partial charge in [-0.25, -0.2) is 4.98 Å². The van der Waals surface area contributed by atoms with Gasteiger partial charge >= 0.3 is 0 Å². The van der Waals surface area contributed by atoms with Crippen LogP contribution in [0.25, 0.3) is 22.5 Å². The van der Waals surface area contributed by atoms with Crippen molar-refractivity contribution in [3.63, 3.8) is 0 Å². The zero-order valence-corrected chi connectivity index (χ0v) is 14.6. The summed E-state index contributed by atoms with van der Waals surface area (Å²) in [5, 5.41) is 11.3. The quantitative estimate of drug-likeness (QED) is 0.536. The van der Waals surface area contributed by atoms with E-state index < -0.39 is 0 Å². The summed E-state index contributed by atoms with van der Waals surface area (Å²) < 4.78 is 0. The maximum absolute atomic E-state index is 6.24. The summed E-state index contributed by atoms with van der Waals surface area (Å²) in [6.45, 7) is 0.546. The highest BCUT2D eigenvalue weighted by Gasteiger charge is 2.07. The maximum atomic E-state index is 6.24. The third-order valence-electron chi connectivity index (χ3n) is 3.95. The van der Waals surface area contributed by atoms with E-state index in [0.29, 0.717) is 17.4 Å². The molecule has 4 rings (SSSR count). The minimum atomic E-state index is 0.546. The average molecular weight is 362 g/mol. The molecule has 0 fully saturated rings. The fourth-order valence-corrected chi connectivity index (χ4v) is 2.88. The Kier molecular flexibility index (Phi) is 4.62. The van der Waals surface area contributed by atoms with Crippen molar-refractivity contribution >= 4 is 17.4 Å². The van der Waals surface area contributed by atoms with Crippen LogP contribution in [0.3, 0.4) is 0 Å². The van der Waals surface area contributed by atoms with Crippen molar-refractivity contribution in [3.8, 4) is 22.5 Å². The molecule has 0 aliphatic carbocycles. The van der Waals surface area contributed by atoms with Gasteiger partial charge in [0.1, 0.15) is 5.82 Å². The molecule has 0 spiro atoms. The van der Waals surface area contributed by atoms with E-state index in [2.05, 4.69) is 25.5 Å². The van der Waals surface area contributed by atoms with Crippen LogP contribution in [0, 0.1) is 0 Å². The Bertz CT molecular complexity index is 1010. The number of hydrogen-bond acceptors (Lipinski definition) is 4. The molecule has 0 saturated heterocycles. The third kappa shape index (κ3) is 3.58. The molecule has 0 amide bonds. The molecular weight excluding hydrogens is 346 g/mol. The third-order valence-corrected chi connectivity index (χ3v) is 4.28. The van der Waals surface area contributed by atoms with Crippen molar-refractivity contribution in [1.82, 2.24) is 20.2 Å². The number of aromatic amines is 1. The normalized spacial score (nSPS) is 10.7. The predicted octanol–water partition coefficient (Wildman–Crippen LogP) is 4.80. The van der Waals surface area contributed by atoms with Gasteiger partial charge in [-0.15, -0.1) is 0 Å². The van der Waals surface area contributed by atoms with Gasteiger partial charge in [0.15, 0.2) is 0 Å². The second-order valence-electron chi connectivity index (χ2n) is 5.76. The molecule has 0 bridgehead atoms. The van der Waals surface area contributed by atoms with Gasteiger partial charge in [-0.05, 0) is 17.7 Å². The summed E-state index contributed by atoms with van der Waals surface area (Å²) in [6, 6.07) is 19.7. The SMILES string of the molecule is Clc1ccccc1-c1cncc(NCc2cc(-c3ccccc3)[nH]n2)n1. The summed E-state index contributed by atoms with van der Waals surface area (Å²) in [5.74, 6) is 0.673. The average Bonchev–Trinajstić information content (AvgIpc) is 3.17. The molecule has 0 atom stereocenters. The number of nitrogens with zero attached hydrogens (tertiary/aromatic N) is 3. The zero-order chi connectivity index (χ0) is 17.8. The summed E-state index contributed by atoms with van der Waals surface area (Å²) >= 11 is 6.24. The monoisotopic (exact) mass is 361 g/mol. The first-order chi connectivity index (χ1) is 12.8. The number of anilines is 1. The second kappa shape index (κ2) is 7.37. The van der Waals surface area contributed by atoms with Crippen LogP contribution in [0.4, 0.5) is 5.82 Å². The Balaban J connectivity index is 1.48. The van der Waals surface area contributed by atoms with Gasteiger partial charge in [-0.3, -0.25) is 10.1 Å². The van der Waals surface area contributed by atoms with Crippen LogP contribution < -0.4 is 5.32 Å². The molecule has 6 heteroatoms. The molecule has 2 heterocycles. The van der Waals surface area contributed by atoms with Crippen molar-refractivity contribution in [2.75, 3.05) is 5.32 Å². The predicted molar refractivity (Wildman–Crippen MR) is 104 cm³/mol. The summed E-state index contributed by atoms with van der Waals surface area (Å²) in [5.41, 5.74) is 4.57. The Labute approximate surface area is 156 Å². The molecule has 128 valence electrons. The van der Waals surface area contributed by atoms with Gasteiger partial charge in [0.25, 0.3) is 0 Å². The maximum Gasteiger partial charge on any atom is 0.145 e. The van der Waals surface area contributed by atoms with Crippen molar-refractivity contribution in [2.24, 2.45) is 0 Å². The van der Waals surface area contributed by atoms with Crippen molar-refractivity contribution < 1.29 is 0 Å². The van der Waals surface area contributed by atoms with E-state index in [0.717, 1.165) is 28.2 Å². The lowest BCUT2D eigenvalue weighted by molar-refractivity contribution is 0.973. The lowest BCUT2D eigenvalue weighted by Crippen LogP contribution is -2.03. The van der Waals surface area contributed by atoms with Crippen molar-refractivity contribution in [1.29, 1.82) is 0 Å². The highest BCUT2D eigenvalue weighted by molar-refractivity contribution is 6.33. The Morgan fingerprint density at radius 3 is 2.62 bits per heavy atom. The number of nitrogens with one attached hydrogen (secondary N) is 2. The van der Waals surface area contributed by atoms with Gasteiger partial charge in [0.05, 0.1) is 41.0 Å². The fourth-order valence-electron chi connectivity index (χ4n) is 2.65. The molecule has 0 radical (unpaired) electrons. The van der Waals surface area contributed by atoms with Gasteiger partial charge in [-0.2, -0.15) is 5.10 Å². The van der Waals surface area contributed by atoms with Gasteiger partial charge < -0.3 is 5.32 Å². The van der Waals surface area contributed by atoms with E-state index in [1.807, 2.05) is 60.7 Å². The molecular formula is C20H16ClN5. The number of aromatic nitrogens is 4. The molecule has 5 nitrogen and oxygen atoms in total. The van der Waals surface area contributed by atoms with Crippen molar-refractivity contribution in [2.45, 2.75) is 6.54 Å². The van der Waals surface area contributed by atoms with Gasteiger partial charge in [0.2, 0.25) is 0 Å². The van der Waals surface area contributed by atoms with E-state index in [9.17, 15) is 0 Å². The highest BCUT2D eigenvalue weighted by Crippen LogP contribution is 2.26. The first kappa shape index (κ1) is 16.3. The largest absolute Gasteiger partial charge is 0.363 e. The number of rotatable bonds is 5. The number of hydrogen-bond donors (Lipinski definition) is 2. The Morgan fingerprint density at radius 1 is 0.962 bits per heavy atom. The standard InChI is InChI=1S/C20H16ClN5/c21-17-9-5-4-8-16(17)19-12-22-13-20(24-19)23-11-15-10-18(26-25-15)14-6-2-1-3-7-14/h1-10,12-13H,11H2,(H,23,24)(H,25,26). The van der Waals surface area contributed by atoms with E-state index in [4.69, 9.17) is 11.6 Å². The lowest BCUT2D eigenvalue weighted by atomic mass is 10.1. The topological polar surface area (TPSA) is 66.5 Å². The molecule has 2 N–H and O–H groups in total. The minimum absolute atomic E-state index is 0.546. The van der Waals surface area contributed by atoms with Gasteiger partial charge in [0, 0.05) is 5.56 Å². The van der Waals surface area contributed by atoms with Crippen LogP contribution in [0.15, 0.2) is 73.1 Å². The molecule has 0 saturated carbocycles. The van der Waals surface area contributed by atoms with Crippen LogP contribution in [-0.4, -0.2) is 20.2 Å². The molecule has 0 unspecified atom stereocenters. The molecule has 4 aromatic rings. The molecule has 2 aromatic carbocycles. The zero-order valence-electron chi connectivity index (χ0n) is 13.9. The molecule has 0 aliphatic heterocycles. The van der Waals surface area contributed by atoms with Crippen LogP contribution >= 0.6 is 11.6 Å². The first-order valence-electron chi connectivity index (χ1n) is 8.20. The number of H-pyrrole nitrogens is 1. The summed E-state index contributed by atoms with van der Waals surface area (Å²) in [4.78, 5) is 8.84. The molecule has 26 heavy (non-hydrogen) atoms. The van der Waals surface area contributed by atoms with Crippen LogP contribution in [0.1, 0.15) is 5.69 Å². The smallest absolute Gasteiger partial charge is 0.145 e. The molecule has 2 aromatic heterocycles. The van der Waals surface area contributed by atoms with E-state index in [1.54, 1.807) is 12.4 Å². The first-order valence-corrected chi connectivity index (χ1v) is 8.58. The second-order valence-corrected chi connectivity index (χ2v) is 6.17. The van der Waals surface area contributed by atoms with Crippen molar-refractivity contribution in [3.05, 3.63) is 83.8 Å². The number of benzene rings is 2. The van der Waals surface area contributed by atoms with E-state index in [-0.39, 0.29) is 0 Å². The van der Waals surface area contributed by atoms with E-state index in [1.165, 1.54) is 0 Å². The highest BCUT2D eigenvalue weighted by atomic mass is 35.5. The van der Waals surface area contributed by atoms with E-state index >= 15 is 0 Å². The van der Waals surface area contributed by atoms with Gasteiger partial charge in [-0.1, -0.05) is 60.1 Å². The number of halogens is 1. The lowest BCUT2D eigenvalue weighted by Gasteiger charge is -2.07.